The molecule has 0 aromatic carbocycles. The first-order valence-electron chi connectivity index (χ1n) is 5.56. The Balaban J connectivity index is 3.08. The van der Waals surface area contributed by atoms with Crippen LogP contribution in [0.5, 0.6) is 0 Å². The Morgan fingerprint density at radius 1 is 1.06 bits per heavy atom. The van der Waals surface area contributed by atoms with E-state index < -0.39 is 6.09 Å². The monoisotopic (exact) mass is 250 g/mol. The van der Waals surface area contributed by atoms with Gasteiger partial charge in [-0.2, -0.15) is 0 Å². The van der Waals surface area contributed by atoms with Gasteiger partial charge in [-0.3, -0.25) is 0 Å². The molecule has 0 unspecified atom stereocenters. The molecule has 0 aromatic heterocycles. The van der Waals surface area contributed by atoms with E-state index in [-0.39, 0.29) is 6.61 Å². The minimum absolute atomic E-state index is 0.246. The van der Waals surface area contributed by atoms with Crippen molar-refractivity contribution in [3.05, 3.63) is 0 Å². The summed E-state index contributed by atoms with van der Waals surface area (Å²) in [6.07, 6.45) is -0.468. The van der Waals surface area contributed by atoms with Crippen LogP contribution < -0.4 is 11.1 Å². The smallest absolute Gasteiger partial charge is 0.407 e. The molecule has 0 aliphatic rings. The lowest BCUT2D eigenvalue weighted by Crippen LogP contribution is -2.29. The summed E-state index contributed by atoms with van der Waals surface area (Å²) >= 11 is 0. The van der Waals surface area contributed by atoms with E-state index in [0.717, 1.165) is 0 Å². The number of amides is 1. The third kappa shape index (κ3) is 13.0. The number of alkyl carbamates (subject to hydrolysis) is 1. The van der Waals surface area contributed by atoms with Crippen molar-refractivity contribution in [2.75, 3.05) is 59.8 Å². The summed E-state index contributed by atoms with van der Waals surface area (Å²) in [5, 5.41) is 2.54. The number of hydrogen-bond acceptors (Lipinski definition) is 6. The van der Waals surface area contributed by atoms with Gasteiger partial charge in [-0.05, 0) is 0 Å². The Labute approximate surface area is 102 Å². The molecule has 3 N–H and O–H groups in total. The van der Waals surface area contributed by atoms with Gasteiger partial charge in [0.25, 0.3) is 0 Å². The second kappa shape index (κ2) is 13.2. The minimum Gasteiger partial charge on any atom is -0.447 e. The van der Waals surface area contributed by atoms with Gasteiger partial charge < -0.3 is 30.0 Å². The van der Waals surface area contributed by atoms with Crippen LogP contribution >= 0.6 is 0 Å². The van der Waals surface area contributed by atoms with Gasteiger partial charge in [0.2, 0.25) is 0 Å². The first-order chi connectivity index (χ1) is 8.31. The van der Waals surface area contributed by atoms with Crippen molar-refractivity contribution >= 4 is 6.09 Å². The van der Waals surface area contributed by atoms with Crippen LogP contribution in [0, 0.1) is 0 Å². The van der Waals surface area contributed by atoms with Crippen molar-refractivity contribution in [2.45, 2.75) is 0 Å². The van der Waals surface area contributed by atoms with Gasteiger partial charge in [0, 0.05) is 20.2 Å². The van der Waals surface area contributed by atoms with E-state index in [2.05, 4.69) is 5.32 Å². The molecule has 0 rings (SSSR count). The zero-order valence-electron chi connectivity index (χ0n) is 10.3. The van der Waals surface area contributed by atoms with Gasteiger partial charge in [-0.1, -0.05) is 0 Å². The summed E-state index contributed by atoms with van der Waals surface area (Å²) in [6.45, 7) is 3.50. The highest BCUT2D eigenvalue weighted by atomic mass is 16.6. The fourth-order valence-corrected chi connectivity index (χ4v) is 0.899. The summed E-state index contributed by atoms with van der Waals surface area (Å²) in [5.41, 5.74) is 5.24. The molecule has 0 radical (unpaired) electrons. The molecule has 0 bridgehead atoms. The van der Waals surface area contributed by atoms with E-state index in [1.165, 1.54) is 0 Å². The Kier molecular flexibility index (Phi) is 12.5. The first-order valence-corrected chi connectivity index (χ1v) is 5.56. The highest BCUT2D eigenvalue weighted by Crippen LogP contribution is 1.80. The Morgan fingerprint density at radius 2 is 1.76 bits per heavy atom. The SMILES string of the molecule is COCCOC(=O)NCCOCCOCCN. The van der Waals surface area contributed by atoms with E-state index in [1.54, 1.807) is 7.11 Å². The normalized spacial score (nSPS) is 10.2. The van der Waals surface area contributed by atoms with Crippen LogP contribution in [-0.2, 0) is 18.9 Å². The Morgan fingerprint density at radius 3 is 2.41 bits per heavy atom. The van der Waals surface area contributed by atoms with Crippen LogP contribution in [0.15, 0.2) is 0 Å². The standard InChI is InChI=1S/C10H22N2O5/c1-14-6-9-17-10(13)12-3-5-16-8-7-15-4-2-11/h2-9,11H2,1H3,(H,12,13). The van der Waals surface area contributed by atoms with Crippen LogP contribution in [0.1, 0.15) is 0 Å². The summed E-state index contributed by atoms with van der Waals surface area (Å²) in [5.74, 6) is 0. The topological polar surface area (TPSA) is 92.0 Å². The highest BCUT2D eigenvalue weighted by Gasteiger charge is 1.99. The molecule has 0 saturated carbocycles. The van der Waals surface area contributed by atoms with Gasteiger partial charge in [0.15, 0.2) is 0 Å². The average Bonchev–Trinajstić information content (AvgIpc) is 2.33. The van der Waals surface area contributed by atoms with Crippen molar-refractivity contribution in [3.8, 4) is 0 Å². The summed E-state index contributed by atoms with van der Waals surface area (Å²) in [7, 11) is 1.54. The van der Waals surface area contributed by atoms with Crippen molar-refractivity contribution in [3.63, 3.8) is 0 Å². The third-order valence-corrected chi connectivity index (χ3v) is 1.67. The summed E-state index contributed by atoms with van der Waals surface area (Å²) < 4.78 is 19.8. The molecule has 0 saturated heterocycles. The number of ether oxygens (including phenoxy) is 4. The van der Waals surface area contributed by atoms with Crippen molar-refractivity contribution in [1.82, 2.24) is 5.32 Å². The number of nitrogens with one attached hydrogen (secondary N) is 1. The molecule has 0 aliphatic carbocycles. The Bertz CT molecular complexity index is 180. The van der Waals surface area contributed by atoms with Gasteiger partial charge in [0.05, 0.1) is 33.0 Å². The van der Waals surface area contributed by atoms with Crippen LogP contribution in [0.25, 0.3) is 0 Å². The molecule has 7 heteroatoms. The van der Waals surface area contributed by atoms with Crippen LogP contribution in [0.3, 0.4) is 0 Å². The largest absolute Gasteiger partial charge is 0.447 e. The number of rotatable bonds is 11. The lowest BCUT2D eigenvalue weighted by atomic mass is 10.6. The maximum atomic E-state index is 11.0. The van der Waals surface area contributed by atoms with Crippen LogP contribution in [0.4, 0.5) is 4.79 Å². The molecular weight excluding hydrogens is 228 g/mol. The highest BCUT2D eigenvalue weighted by molar-refractivity contribution is 5.66. The first kappa shape index (κ1) is 16.1. The third-order valence-electron chi connectivity index (χ3n) is 1.67. The molecule has 17 heavy (non-hydrogen) atoms. The maximum Gasteiger partial charge on any atom is 0.407 e. The minimum atomic E-state index is -0.468. The zero-order valence-corrected chi connectivity index (χ0v) is 10.3. The van der Waals surface area contributed by atoms with Crippen molar-refractivity contribution in [2.24, 2.45) is 5.73 Å². The Hall–Kier alpha value is -0.890. The molecule has 0 spiro atoms. The lowest BCUT2D eigenvalue weighted by molar-refractivity contribution is 0.0505. The number of methoxy groups -OCH3 is 1. The molecule has 0 atom stereocenters. The maximum absolute atomic E-state index is 11.0. The number of carbonyl (C=O) groups excluding carboxylic acids is 1. The molecule has 7 nitrogen and oxygen atoms in total. The molecule has 0 heterocycles. The van der Waals surface area contributed by atoms with Crippen molar-refractivity contribution in [1.29, 1.82) is 0 Å². The number of hydrogen-bond donors (Lipinski definition) is 2. The van der Waals surface area contributed by atoms with E-state index in [9.17, 15) is 4.79 Å². The van der Waals surface area contributed by atoms with Crippen LogP contribution in [-0.4, -0.2) is 65.9 Å². The summed E-state index contributed by atoms with van der Waals surface area (Å²) in [4.78, 5) is 11.0. The molecule has 0 aliphatic heterocycles. The van der Waals surface area contributed by atoms with E-state index in [4.69, 9.17) is 24.7 Å². The van der Waals surface area contributed by atoms with E-state index in [1.807, 2.05) is 0 Å². The average molecular weight is 250 g/mol. The predicted molar refractivity (Wildman–Crippen MR) is 61.9 cm³/mol. The van der Waals surface area contributed by atoms with Crippen molar-refractivity contribution < 1.29 is 23.7 Å². The van der Waals surface area contributed by atoms with Gasteiger partial charge in [-0.25, -0.2) is 4.79 Å². The fourth-order valence-electron chi connectivity index (χ4n) is 0.899. The molecular formula is C10H22N2O5. The summed E-state index contributed by atoms with van der Waals surface area (Å²) in [6, 6.07) is 0. The quantitative estimate of drug-likeness (QED) is 0.473. The molecule has 0 fully saturated rings. The van der Waals surface area contributed by atoms with Gasteiger partial charge in [-0.15, -0.1) is 0 Å². The van der Waals surface area contributed by atoms with E-state index in [0.29, 0.717) is 46.1 Å². The second-order valence-corrected chi connectivity index (χ2v) is 3.07. The molecule has 102 valence electrons. The number of carbonyl (C=O) groups is 1. The van der Waals surface area contributed by atoms with Crippen LogP contribution in [0.2, 0.25) is 0 Å². The molecule has 1 amide bonds. The fraction of sp³-hybridized carbons (Fsp3) is 0.900. The van der Waals surface area contributed by atoms with Gasteiger partial charge >= 0.3 is 6.09 Å². The van der Waals surface area contributed by atoms with Gasteiger partial charge in [0.1, 0.15) is 6.61 Å². The second-order valence-electron chi connectivity index (χ2n) is 3.07. The molecule has 0 aromatic rings. The lowest BCUT2D eigenvalue weighted by Gasteiger charge is -2.07. The van der Waals surface area contributed by atoms with E-state index >= 15 is 0 Å². The number of nitrogens with two attached hydrogens (primary N) is 1. The zero-order chi connectivity index (χ0) is 12.8. The predicted octanol–water partition coefficient (Wildman–Crippen LogP) is -0.649.